The van der Waals surface area contributed by atoms with E-state index >= 15 is 0 Å². The standard InChI is InChI=1S/C13H16BrClO3/c1-17-5-3-2-4-6-18-13-8-10(15)7-12(14)11(13)9-16/h7-9H,2-6H2,1H3. The Kier molecular flexibility index (Phi) is 7.32. The SMILES string of the molecule is COCCCCCOc1cc(Cl)cc(Br)c1C=O. The summed E-state index contributed by atoms with van der Waals surface area (Å²) in [6.07, 6.45) is 3.73. The fraction of sp³-hybridized carbons (Fsp3) is 0.462. The Morgan fingerprint density at radius 3 is 2.67 bits per heavy atom. The highest BCUT2D eigenvalue weighted by Gasteiger charge is 2.09. The topological polar surface area (TPSA) is 35.5 Å². The predicted octanol–water partition coefficient (Wildman–Crippen LogP) is 4.11. The highest BCUT2D eigenvalue weighted by Crippen LogP contribution is 2.30. The molecule has 1 aromatic carbocycles. The molecule has 0 N–H and O–H groups in total. The molecule has 0 spiro atoms. The molecule has 0 saturated heterocycles. The Labute approximate surface area is 121 Å². The predicted molar refractivity (Wildman–Crippen MR) is 75.8 cm³/mol. The summed E-state index contributed by atoms with van der Waals surface area (Å²) in [6, 6.07) is 3.34. The number of ether oxygens (including phenoxy) is 2. The van der Waals surface area contributed by atoms with Gasteiger partial charge in [0.05, 0.1) is 12.2 Å². The van der Waals surface area contributed by atoms with Crippen molar-refractivity contribution in [3.8, 4) is 5.75 Å². The number of rotatable bonds is 8. The van der Waals surface area contributed by atoms with Crippen molar-refractivity contribution >= 4 is 33.8 Å². The number of unbranched alkanes of at least 4 members (excludes halogenated alkanes) is 2. The summed E-state index contributed by atoms with van der Waals surface area (Å²) in [7, 11) is 1.69. The third-order valence-electron chi connectivity index (χ3n) is 2.42. The van der Waals surface area contributed by atoms with Crippen molar-refractivity contribution < 1.29 is 14.3 Å². The quantitative estimate of drug-likeness (QED) is 0.530. The van der Waals surface area contributed by atoms with Crippen molar-refractivity contribution in [3.05, 3.63) is 27.2 Å². The smallest absolute Gasteiger partial charge is 0.154 e. The molecule has 0 amide bonds. The zero-order chi connectivity index (χ0) is 13.4. The Balaban J connectivity index is 2.48. The number of aldehydes is 1. The average molecular weight is 336 g/mol. The first kappa shape index (κ1) is 15.5. The highest BCUT2D eigenvalue weighted by atomic mass is 79.9. The molecule has 0 fully saturated rings. The van der Waals surface area contributed by atoms with Crippen molar-refractivity contribution in [1.29, 1.82) is 0 Å². The number of halogens is 2. The molecule has 0 bridgehead atoms. The van der Waals surface area contributed by atoms with Gasteiger partial charge in [0.1, 0.15) is 5.75 Å². The molecule has 1 aromatic rings. The summed E-state index contributed by atoms with van der Waals surface area (Å²) in [5.41, 5.74) is 0.497. The van der Waals surface area contributed by atoms with Crippen molar-refractivity contribution in [2.24, 2.45) is 0 Å². The van der Waals surface area contributed by atoms with Gasteiger partial charge in [-0.1, -0.05) is 11.6 Å². The summed E-state index contributed by atoms with van der Waals surface area (Å²) in [5.74, 6) is 0.524. The minimum Gasteiger partial charge on any atom is -0.493 e. The number of hydrogen-bond donors (Lipinski definition) is 0. The Hall–Kier alpha value is -0.580. The van der Waals surface area contributed by atoms with Gasteiger partial charge >= 0.3 is 0 Å². The molecule has 0 aliphatic carbocycles. The third-order valence-corrected chi connectivity index (χ3v) is 3.30. The van der Waals surface area contributed by atoms with E-state index in [0.29, 0.717) is 27.4 Å². The molecular formula is C13H16BrClO3. The van der Waals surface area contributed by atoms with Gasteiger partial charge in [0, 0.05) is 23.2 Å². The maximum Gasteiger partial charge on any atom is 0.154 e. The van der Waals surface area contributed by atoms with E-state index < -0.39 is 0 Å². The Morgan fingerprint density at radius 2 is 2.00 bits per heavy atom. The number of methoxy groups -OCH3 is 1. The van der Waals surface area contributed by atoms with E-state index in [2.05, 4.69) is 15.9 Å². The van der Waals surface area contributed by atoms with Crippen LogP contribution in [0.2, 0.25) is 5.02 Å². The molecule has 0 aromatic heterocycles. The van der Waals surface area contributed by atoms with Crippen LogP contribution in [0, 0.1) is 0 Å². The van der Waals surface area contributed by atoms with E-state index in [1.807, 2.05) is 0 Å². The lowest BCUT2D eigenvalue weighted by Gasteiger charge is -2.10. The van der Waals surface area contributed by atoms with Crippen LogP contribution < -0.4 is 4.74 Å². The van der Waals surface area contributed by atoms with Crippen LogP contribution in [0.4, 0.5) is 0 Å². The second-order valence-electron chi connectivity index (χ2n) is 3.82. The number of carbonyl (C=O) groups is 1. The summed E-state index contributed by atoms with van der Waals surface area (Å²) in [5, 5.41) is 0.543. The van der Waals surface area contributed by atoms with Crippen LogP contribution in [0.3, 0.4) is 0 Å². The zero-order valence-corrected chi connectivity index (χ0v) is 12.6. The lowest BCUT2D eigenvalue weighted by molar-refractivity contribution is 0.111. The maximum absolute atomic E-state index is 11.0. The monoisotopic (exact) mass is 334 g/mol. The van der Waals surface area contributed by atoms with Crippen molar-refractivity contribution in [1.82, 2.24) is 0 Å². The average Bonchev–Trinajstić information content (AvgIpc) is 2.33. The molecule has 0 heterocycles. The maximum atomic E-state index is 11.0. The van der Waals surface area contributed by atoms with Crippen LogP contribution >= 0.6 is 27.5 Å². The minimum atomic E-state index is 0.497. The van der Waals surface area contributed by atoms with Crippen LogP contribution in [-0.4, -0.2) is 26.6 Å². The highest BCUT2D eigenvalue weighted by molar-refractivity contribution is 9.10. The molecule has 0 aliphatic heterocycles. The molecule has 3 nitrogen and oxygen atoms in total. The largest absolute Gasteiger partial charge is 0.493 e. The first-order valence-corrected chi connectivity index (χ1v) is 6.92. The molecule has 0 aliphatic rings. The van der Waals surface area contributed by atoms with Gasteiger partial charge in [-0.3, -0.25) is 4.79 Å². The van der Waals surface area contributed by atoms with Crippen molar-refractivity contribution in [3.63, 3.8) is 0 Å². The van der Waals surface area contributed by atoms with E-state index in [0.717, 1.165) is 32.2 Å². The van der Waals surface area contributed by atoms with Gasteiger partial charge in [0.15, 0.2) is 6.29 Å². The van der Waals surface area contributed by atoms with E-state index in [-0.39, 0.29) is 0 Å². The molecule has 18 heavy (non-hydrogen) atoms. The molecule has 0 saturated carbocycles. The fourth-order valence-electron chi connectivity index (χ4n) is 1.50. The van der Waals surface area contributed by atoms with Crippen LogP contribution in [0.1, 0.15) is 29.6 Å². The summed E-state index contributed by atoms with van der Waals surface area (Å²) in [4.78, 5) is 11.0. The van der Waals surface area contributed by atoms with Gasteiger partial charge < -0.3 is 9.47 Å². The van der Waals surface area contributed by atoms with Gasteiger partial charge in [-0.05, 0) is 47.3 Å². The van der Waals surface area contributed by atoms with E-state index in [1.54, 1.807) is 19.2 Å². The van der Waals surface area contributed by atoms with Crippen molar-refractivity contribution in [2.75, 3.05) is 20.3 Å². The van der Waals surface area contributed by atoms with Gasteiger partial charge in [0.2, 0.25) is 0 Å². The lowest BCUT2D eigenvalue weighted by Crippen LogP contribution is -2.01. The second-order valence-corrected chi connectivity index (χ2v) is 5.11. The Morgan fingerprint density at radius 1 is 1.28 bits per heavy atom. The lowest BCUT2D eigenvalue weighted by atomic mass is 10.2. The molecule has 0 radical (unpaired) electrons. The first-order chi connectivity index (χ1) is 8.69. The molecule has 100 valence electrons. The van der Waals surface area contributed by atoms with Crippen LogP contribution in [0.15, 0.2) is 16.6 Å². The van der Waals surface area contributed by atoms with E-state index in [9.17, 15) is 4.79 Å². The first-order valence-electron chi connectivity index (χ1n) is 5.75. The van der Waals surface area contributed by atoms with Gasteiger partial charge in [-0.15, -0.1) is 0 Å². The zero-order valence-electron chi connectivity index (χ0n) is 10.2. The third kappa shape index (κ3) is 4.96. The van der Waals surface area contributed by atoms with Crippen LogP contribution in [0.5, 0.6) is 5.75 Å². The molecule has 1 rings (SSSR count). The van der Waals surface area contributed by atoms with Crippen LogP contribution in [-0.2, 0) is 4.74 Å². The second kappa shape index (κ2) is 8.51. The van der Waals surface area contributed by atoms with Crippen LogP contribution in [0.25, 0.3) is 0 Å². The molecule has 0 unspecified atom stereocenters. The van der Waals surface area contributed by atoms with Gasteiger partial charge in [-0.25, -0.2) is 0 Å². The van der Waals surface area contributed by atoms with Crippen molar-refractivity contribution in [2.45, 2.75) is 19.3 Å². The Bertz CT molecular complexity index is 396. The molecule has 5 heteroatoms. The number of carbonyl (C=O) groups excluding carboxylic acids is 1. The summed E-state index contributed by atoms with van der Waals surface area (Å²) >= 11 is 9.21. The summed E-state index contributed by atoms with van der Waals surface area (Å²) in [6.45, 7) is 1.33. The minimum absolute atomic E-state index is 0.497. The molecule has 0 atom stereocenters. The number of hydrogen-bond acceptors (Lipinski definition) is 3. The van der Waals surface area contributed by atoms with E-state index in [1.165, 1.54) is 0 Å². The van der Waals surface area contributed by atoms with Gasteiger partial charge in [0.25, 0.3) is 0 Å². The number of benzene rings is 1. The fourth-order valence-corrected chi connectivity index (χ4v) is 2.38. The molecular weight excluding hydrogens is 319 g/mol. The normalized spacial score (nSPS) is 10.4. The summed E-state index contributed by atoms with van der Waals surface area (Å²) < 4.78 is 11.2. The van der Waals surface area contributed by atoms with E-state index in [4.69, 9.17) is 21.1 Å². The van der Waals surface area contributed by atoms with Gasteiger partial charge in [-0.2, -0.15) is 0 Å².